The minimum Gasteiger partial charge on any atom is -0.356 e. The second-order valence-corrected chi connectivity index (χ2v) is 7.02. The summed E-state index contributed by atoms with van der Waals surface area (Å²) in [5, 5.41) is 9.40. The minimum atomic E-state index is -0.358. The number of halogens is 1. The fraction of sp³-hybridized carbons (Fsp3) is 0.364. The summed E-state index contributed by atoms with van der Waals surface area (Å²) in [6.07, 6.45) is 2.52. The molecule has 2 aromatic carbocycles. The van der Waals surface area contributed by atoms with Crippen molar-refractivity contribution in [2.24, 2.45) is 5.92 Å². The van der Waals surface area contributed by atoms with Crippen LogP contribution in [0.1, 0.15) is 41.2 Å². The molecular formula is C22H28ClN3O2. The van der Waals surface area contributed by atoms with E-state index in [4.69, 9.17) is 0 Å². The first-order chi connectivity index (χ1) is 13.2. The number of benzene rings is 2. The second kappa shape index (κ2) is 11.5. The highest BCUT2D eigenvalue weighted by molar-refractivity contribution is 5.94. The molecule has 1 aliphatic heterocycles. The molecule has 0 aliphatic carbocycles. The third kappa shape index (κ3) is 6.66. The summed E-state index contributed by atoms with van der Waals surface area (Å²) in [4.78, 5) is 25.1. The lowest BCUT2D eigenvalue weighted by Gasteiger charge is -2.24. The zero-order valence-corrected chi connectivity index (χ0v) is 16.7. The molecule has 150 valence electrons. The zero-order valence-electron chi connectivity index (χ0n) is 15.9. The van der Waals surface area contributed by atoms with E-state index in [1.807, 2.05) is 48.5 Å². The Hall–Kier alpha value is -2.37. The third-order valence-corrected chi connectivity index (χ3v) is 4.92. The number of hydrogen-bond donors (Lipinski definition) is 3. The average Bonchev–Trinajstić information content (AvgIpc) is 2.74. The standard InChI is InChI=1S/C22H27N3O2.ClH/c26-21(24-16-17-8-7-13-23-15-17)14-20(18-9-3-1-4-10-18)25-22(27)19-11-5-2-6-12-19;/h1-6,9-12,17,20,23H,7-8,13-16H2,(H,24,26)(H,25,27);1H. The van der Waals surface area contributed by atoms with Gasteiger partial charge in [-0.05, 0) is 49.5 Å². The van der Waals surface area contributed by atoms with Gasteiger partial charge in [-0.3, -0.25) is 9.59 Å². The normalized spacial score (nSPS) is 17.1. The lowest BCUT2D eigenvalue weighted by molar-refractivity contribution is -0.121. The van der Waals surface area contributed by atoms with Crippen LogP contribution in [0.15, 0.2) is 60.7 Å². The molecule has 5 nitrogen and oxygen atoms in total. The molecule has 2 unspecified atom stereocenters. The summed E-state index contributed by atoms with van der Waals surface area (Å²) < 4.78 is 0. The predicted octanol–water partition coefficient (Wildman–Crippen LogP) is 3.09. The molecule has 1 fully saturated rings. The van der Waals surface area contributed by atoms with E-state index in [1.54, 1.807) is 12.1 Å². The van der Waals surface area contributed by atoms with Gasteiger partial charge in [-0.25, -0.2) is 0 Å². The van der Waals surface area contributed by atoms with Crippen LogP contribution < -0.4 is 16.0 Å². The molecule has 3 N–H and O–H groups in total. The van der Waals surface area contributed by atoms with Crippen LogP contribution in [-0.4, -0.2) is 31.4 Å². The molecule has 2 atom stereocenters. The number of rotatable bonds is 7. The van der Waals surface area contributed by atoms with Gasteiger partial charge in [0.25, 0.3) is 5.91 Å². The molecule has 0 spiro atoms. The van der Waals surface area contributed by atoms with Crippen molar-refractivity contribution in [3.05, 3.63) is 71.8 Å². The largest absolute Gasteiger partial charge is 0.356 e. The Labute approximate surface area is 172 Å². The molecule has 0 aromatic heterocycles. The zero-order chi connectivity index (χ0) is 18.9. The van der Waals surface area contributed by atoms with Crippen molar-refractivity contribution in [1.29, 1.82) is 0 Å². The topological polar surface area (TPSA) is 70.2 Å². The van der Waals surface area contributed by atoms with Crippen LogP contribution >= 0.6 is 12.4 Å². The summed E-state index contributed by atoms with van der Waals surface area (Å²) in [5.74, 6) is 0.272. The van der Waals surface area contributed by atoms with E-state index in [0.29, 0.717) is 18.0 Å². The minimum absolute atomic E-state index is 0. The molecule has 0 bridgehead atoms. The van der Waals surface area contributed by atoms with Crippen LogP contribution in [0.5, 0.6) is 0 Å². The Morgan fingerprint density at radius 1 is 1.04 bits per heavy atom. The first kappa shape index (κ1) is 21.9. The lowest BCUT2D eigenvalue weighted by Crippen LogP contribution is -2.39. The summed E-state index contributed by atoms with van der Waals surface area (Å²) in [5.41, 5.74) is 1.52. The van der Waals surface area contributed by atoms with Crippen LogP contribution in [0.2, 0.25) is 0 Å². The van der Waals surface area contributed by atoms with Gasteiger partial charge in [-0.2, -0.15) is 0 Å². The molecule has 28 heavy (non-hydrogen) atoms. The van der Waals surface area contributed by atoms with Crippen LogP contribution in [-0.2, 0) is 4.79 Å². The summed E-state index contributed by atoms with van der Waals surface area (Å²) in [7, 11) is 0. The highest BCUT2D eigenvalue weighted by Crippen LogP contribution is 2.18. The SMILES string of the molecule is Cl.O=C(CC(NC(=O)c1ccccc1)c1ccccc1)NCC1CCCNC1. The van der Waals surface area contributed by atoms with Gasteiger partial charge in [0.15, 0.2) is 0 Å². The van der Waals surface area contributed by atoms with Crippen molar-refractivity contribution < 1.29 is 9.59 Å². The third-order valence-electron chi connectivity index (χ3n) is 4.92. The van der Waals surface area contributed by atoms with Crippen molar-refractivity contribution >= 4 is 24.2 Å². The van der Waals surface area contributed by atoms with Crippen LogP contribution in [0.3, 0.4) is 0 Å². The van der Waals surface area contributed by atoms with Gasteiger partial charge in [0, 0.05) is 12.1 Å². The van der Waals surface area contributed by atoms with Crippen molar-refractivity contribution in [2.45, 2.75) is 25.3 Å². The Balaban J connectivity index is 0.00000280. The van der Waals surface area contributed by atoms with E-state index in [0.717, 1.165) is 31.5 Å². The van der Waals surface area contributed by atoms with Crippen molar-refractivity contribution in [1.82, 2.24) is 16.0 Å². The first-order valence-electron chi connectivity index (χ1n) is 9.60. The lowest BCUT2D eigenvalue weighted by atomic mass is 9.99. The van der Waals surface area contributed by atoms with Gasteiger partial charge in [0.2, 0.25) is 5.91 Å². The van der Waals surface area contributed by atoms with Gasteiger partial charge in [-0.15, -0.1) is 12.4 Å². The highest BCUT2D eigenvalue weighted by atomic mass is 35.5. The van der Waals surface area contributed by atoms with Crippen molar-refractivity contribution in [2.75, 3.05) is 19.6 Å². The van der Waals surface area contributed by atoms with Gasteiger partial charge in [0.1, 0.15) is 0 Å². The summed E-state index contributed by atoms with van der Waals surface area (Å²) in [6.45, 7) is 2.69. The van der Waals surface area contributed by atoms with E-state index in [9.17, 15) is 9.59 Å². The predicted molar refractivity (Wildman–Crippen MR) is 114 cm³/mol. The molecule has 0 radical (unpaired) electrons. The maximum atomic E-state index is 12.6. The molecule has 0 saturated carbocycles. The second-order valence-electron chi connectivity index (χ2n) is 7.02. The fourth-order valence-corrected chi connectivity index (χ4v) is 3.38. The quantitative estimate of drug-likeness (QED) is 0.667. The molecule has 2 aromatic rings. The highest BCUT2D eigenvalue weighted by Gasteiger charge is 2.20. The van der Waals surface area contributed by atoms with Crippen LogP contribution in [0.25, 0.3) is 0 Å². The maximum absolute atomic E-state index is 12.6. The molecule has 1 aliphatic rings. The van der Waals surface area contributed by atoms with Crippen LogP contribution in [0.4, 0.5) is 0 Å². The molecule has 6 heteroatoms. The molecular weight excluding hydrogens is 374 g/mol. The van der Waals surface area contributed by atoms with Gasteiger partial charge < -0.3 is 16.0 Å². The molecule has 2 amide bonds. The van der Waals surface area contributed by atoms with Crippen LogP contribution in [0, 0.1) is 5.92 Å². The maximum Gasteiger partial charge on any atom is 0.251 e. The van der Waals surface area contributed by atoms with E-state index in [-0.39, 0.29) is 36.7 Å². The van der Waals surface area contributed by atoms with Gasteiger partial charge in [0.05, 0.1) is 12.5 Å². The molecule has 1 heterocycles. The Bertz CT molecular complexity index is 734. The molecule has 1 saturated heterocycles. The Kier molecular flexibility index (Phi) is 8.98. The number of hydrogen-bond acceptors (Lipinski definition) is 3. The van der Waals surface area contributed by atoms with Crippen molar-refractivity contribution in [3.63, 3.8) is 0 Å². The summed E-state index contributed by atoms with van der Waals surface area (Å²) in [6, 6.07) is 18.4. The number of carbonyl (C=O) groups is 2. The smallest absolute Gasteiger partial charge is 0.251 e. The van der Waals surface area contributed by atoms with E-state index < -0.39 is 0 Å². The first-order valence-corrected chi connectivity index (χ1v) is 9.60. The Morgan fingerprint density at radius 2 is 1.71 bits per heavy atom. The fourth-order valence-electron chi connectivity index (χ4n) is 3.38. The molecule has 3 rings (SSSR count). The van der Waals surface area contributed by atoms with E-state index in [1.165, 1.54) is 0 Å². The van der Waals surface area contributed by atoms with E-state index in [2.05, 4.69) is 16.0 Å². The number of nitrogens with one attached hydrogen (secondary N) is 3. The monoisotopic (exact) mass is 401 g/mol. The van der Waals surface area contributed by atoms with Gasteiger partial charge >= 0.3 is 0 Å². The Morgan fingerprint density at radius 3 is 2.36 bits per heavy atom. The van der Waals surface area contributed by atoms with Crippen molar-refractivity contribution in [3.8, 4) is 0 Å². The summed E-state index contributed by atoms with van der Waals surface area (Å²) >= 11 is 0. The number of amides is 2. The number of carbonyl (C=O) groups excluding carboxylic acids is 2. The average molecular weight is 402 g/mol. The number of piperidine rings is 1. The van der Waals surface area contributed by atoms with Gasteiger partial charge in [-0.1, -0.05) is 48.5 Å². The van der Waals surface area contributed by atoms with E-state index >= 15 is 0 Å².